The van der Waals surface area contributed by atoms with Gasteiger partial charge in [-0.05, 0) is 95.1 Å². The first-order valence-corrected chi connectivity index (χ1v) is 15.1. The van der Waals surface area contributed by atoms with E-state index in [2.05, 4.69) is 15.2 Å². The van der Waals surface area contributed by atoms with Crippen molar-refractivity contribution >= 4 is 28.5 Å². The molecule has 2 aliphatic heterocycles. The summed E-state index contributed by atoms with van der Waals surface area (Å²) in [4.78, 5) is 47.6. The number of aryl methyl sites for hydroxylation is 1. The Labute approximate surface area is 240 Å². The van der Waals surface area contributed by atoms with Crippen LogP contribution in [0.2, 0.25) is 0 Å². The first-order valence-electron chi connectivity index (χ1n) is 15.1. The summed E-state index contributed by atoms with van der Waals surface area (Å²) in [5, 5.41) is 3.04. The number of carbonyl (C=O) groups is 2. The maximum atomic E-state index is 13.8. The topological polar surface area (TPSA) is 99.7 Å². The normalized spacial score (nSPS) is 23.3. The Morgan fingerprint density at radius 2 is 1.78 bits per heavy atom. The molecule has 3 heterocycles. The van der Waals surface area contributed by atoms with Crippen molar-refractivity contribution in [2.75, 3.05) is 38.6 Å². The fraction of sp³-hybridized carbons (Fsp3) is 0.531. The number of hydrogen-bond acceptors (Lipinski definition) is 5. The molecule has 41 heavy (non-hydrogen) atoms. The molecule has 2 aromatic carbocycles. The maximum Gasteiger partial charge on any atom is 0.326 e. The van der Waals surface area contributed by atoms with E-state index in [-0.39, 0.29) is 35.5 Å². The van der Waals surface area contributed by atoms with Gasteiger partial charge in [0.05, 0.1) is 23.7 Å². The molecule has 6 rings (SSSR count). The van der Waals surface area contributed by atoms with Crippen LogP contribution in [0.5, 0.6) is 5.75 Å². The van der Waals surface area contributed by atoms with Crippen LogP contribution in [-0.4, -0.2) is 70.5 Å². The summed E-state index contributed by atoms with van der Waals surface area (Å²) in [6.07, 6.45) is 7.38. The lowest BCUT2D eigenvalue weighted by Gasteiger charge is -2.29. The van der Waals surface area contributed by atoms with Gasteiger partial charge in [0.1, 0.15) is 5.75 Å². The Hall–Kier alpha value is -3.59. The van der Waals surface area contributed by atoms with Crippen molar-refractivity contribution in [1.82, 2.24) is 19.4 Å². The highest BCUT2D eigenvalue weighted by Crippen LogP contribution is 2.35. The van der Waals surface area contributed by atoms with Crippen LogP contribution in [0.1, 0.15) is 73.3 Å². The Bertz CT molecular complexity index is 1480. The Kier molecular flexibility index (Phi) is 7.88. The zero-order valence-electron chi connectivity index (χ0n) is 24.2. The van der Waals surface area contributed by atoms with E-state index in [1.54, 1.807) is 7.11 Å². The third-order valence-corrected chi connectivity index (χ3v) is 9.40. The number of nitrogens with zero attached hydrogens (tertiary/aromatic N) is 3. The summed E-state index contributed by atoms with van der Waals surface area (Å²) in [5.74, 6) is 0.649. The molecule has 0 spiro atoms. The smallest absolute Gasteiger partial charge is 0.326 e. The fourth-order valence-corrected chi connectivity index (χ4v) is 7.14. The van der Waals surface area contributed by atoms with Crippen molar-refractivity contribution in [1.29, 1.82) is 0 Å². The number of imidazole rings is 1. The molecule has 2 amide bonds. The largest absolute Gasteiger partial charge is 0.496 e. The molecule has 2 saturated heterocycles. The fourth-order valence-electron chi connectivity index (χ4n) is 7.14. The minimum atomic E-state index is -0.185. The van der Waals surface area contributed by atoms with Crippen LogP contribution in [-0.2, 0) is 4.79 Å². The molecule has 3 fully saturated rings. The van der Waals surface area contributed by atoms with E-state index in [9.17, 15) is 14.4 Å². The van der Waals surface area contributed by atoms with E-state index in [0.717, 1.165) is 74.4 Å². The number of anilines is 1. The van der Waals surface area contributed by atoms with Gasteiger partial charge in [-0.15, -0.1) is 0 Å². The molecule has 9 heteroatoms. The van der Waals surface area contributed by atoms with Crippen molar-refractivity contribution in [3.05, 3.63) is 58.0 Å². The summed E-state index contributed by atoms with van der Waals surface area (Å²) >= 11 is 0. The van der Waals surface area contributed by atoms with E-state index >= 15 is 0 Å². The second-order valence-electron chi connectivity index (χ2n) is 12.0. The van der Waals surface area contributed by atoms with Gasteiger partial charge >= 0.3 is 5.69 Å². The standard InChI is InChI=1S/C32H41N5O4/c1-21-10-13-23(19-28(21)41-2)33-30(38)22-11-14-24(15-12-22)37-27-9-5-8-26(29(27)34-32(37)40)31(39)36-18-6-7-25(36)20-35-16-3-4-17-35/h5,8-10,13,19,22,24-25H,3-4,6-7,11-12,14-18,20H2,1-2H3,(H,33,38)(H,34,40)/t22-,24+,25-/m0/s1. The predicted molar refractivity (Wildman–Crippen MR) is 160 cm³/mol. The Morgan fingerprint density at radius 1 is 1.00 bits per heavy atom. The summed E-state index contributed by atoms with van der Waals surface area (Å²) in [6, 6.07) is 11.6. The van der Waals surface area contributed by atoms with Gasteiger partial charge in [-0.2, -0.15) is 0 Å². The first-order chi connectivity index (χ1) is 19.9. The molecule has 1 aromatic heterocycles. The van der Waals surface area contributed by atoms with Crippen LogP contribution >= 0.6 is 0 Å². The second kappa shape index (κ2) is 11.7. The van der Waals surface area contributed by atoms with Crippen molar-refractivity contribution in [2.24, 2.45) is 5.92 Å². The van der Waals surface area contributed by atoms with Crippen molar-refractivity contribution in [2.45, 2.75) is 70.4 Å². The van der Waals surface area contributed by atoms with Crippen LogP contribution in [0, 0.1) is 12.8 Å². The molecule has 0 radical (unpaired) electrons. The average molecular weight is 560 g/mol. The quantitative estimate of drug-likeness (QED) is 0.437. The number of amides is 2. The summed E-state index contributed by atoms with van der Waals surface area (Å²) < 4.78 is 7.20. The van der Waals surface area contributed by atoms with E-state index in [0.29, 0.717) is 23.9 Å². The van der Waals surface area contributed by atoms with Crippen LogP contribution in [0.3, 0.4) is 0 Å². The number of aromatic amines is 1. The molecule has 1 atom stereocenters. The Morgan fingerprint density at radius 3 is 2.54 bits per heavy atom. The lowest BCUT2D eigenvalue weighted by molar-refractivity contribution is -0.121. The van der Waals surface area contributed by atoms with Crippen molar-refractivity contribution in [3.63, 3.8) is 0 Å². The van der Waals surface area contributed by atoms with Gasteiger partial charge < -0.3 is 24.8 Å². The third-order valence-electron chi connectivity index (χ3n) is 9.40. The SMILES string of the molecule is COc1cc(NC(=O)[C@H]2CC[C@@H](n3c(=O)[nH]c4c(C(=O)N5CCC[C@H]5CN5CCCC5)cccc43)CC2)ccc1C. The van der Waals surface area contributed by atoms with Crippen LogP contribution in [0.4, 0.5) is 5.69 Å². The molecule has 0 unspecified atom stereocenters. The first kappa shape index (κ1) is 27.6. The second-order valence-corrected chi connectivity index (χ2v) is 12.0. The van der Waals surface area contributed by atoms with Crippen LogP contribution in [0.25, 0.3) is 11.0 Å². The van der Waals surface area contributed by atoms with Gasteiger partial charge in [0.2, 0.25) is 5.91 Å². The van der Waals surface area contributed by atoms with Crippen molar-refractivity contribution in [3.8, 4) is 5.75 Å². The Balaban J connectivity index is 1.15. The maximum absolute atomic E-state index is 13.8. The van der Waals surface area contributed by atoms with Gasteiger partial charge in [-0.1, -0.05) is 12.1 Å². The van der Waals surface area contributed by atoms with Gasteiger partial charge in [0.25, 0.3) is 5.91 Å². The number of para-hydroxylation sites is 1. The molecule has 1 aliphatic carbocycles. The molecular formula is C32H41N5O4. The number of H-pyrrole nitrogens is 1. The van der Waals surface area contributed by atoms with E-state index in [1.165, 1.54) is 12.8 Å². The molecule has 1 saturated carbocycles. The number of carbonyl (C=O) groups excluding carboxylic acids is 2. The minimum absolute atomic E-state index is 0.00242. The molecular weight excluding hydrogens is 518 g/mol. The number of ether oxygens (including phenoxy) is 1. The zero-order chi connectivity index (χ0) is 28.5. The van der Waals surface area contributed by atoms with Crippen LogP contribution in [0.15, 0.2) is 41.2 Å². The van der Waals surface area contributed by atoms with E-state index in [4.69, 9.17) is 4.74 Å². The number of aromatic nitrogens is 2. The number of likely N-dealkylation sites (tertiary alicyclic amines) is 2. The molecule has 2 N–H and O–H groups in total. The van der Waals surface area contributed by atoms with E-state index in [1.807, 2.05) is 52.8 Å². The lowest BCUT2D eigenvalue weighted by Crippen LogP contribution is -2.42. The van der Waals surface area contributed by atoms with Gasteiger partial charge in [-0.3, -0.25) is 14.2 Å². The van der Waals surface area contributed by atoms with Crippen molar-refractivity contribution < 1.29 is 14.3 Å². The number of rotatable bonds is 7. The van der Waals surface area contributed by atoms with Gasteiger partial charge in [0, 0.05) is 42.8 Å². The summed E-state index contributed by atoms with van der Waals surface area (Å²) in [5.41, 5.74) is 3.54. The number of fused-ring (bicyclic) bond motifs is 1. The highest BCUT2D eigenvalue weighted by molar-refractivity contribution is 6.05. The zero-order valence-corrected chi connectivity index (χ0v) is 24.2. The summed E-state index contributed by atoms with van der Waals surface area (Å²) in [7, 11) is 1.62. The molecule has 0 bridgehead atoms. The minimum Gasteiger partial charge on any atom is -0.496 e. The molecule has 9 nitrogen and oxygen atoms in total. The van der Waals surface area contributed by atoms with Gasteiger partial charge in [0.15, 0.2) is 0 Å². The number of nitrogens with one attached hydrogen (secondary N) is 2. The van der Waals surface area contributed by atoms with Crippen LogP contribution < -0.4 is 15.7 Å². The molecule has 218 valence electrons. The van der Waals surface area contributed by atoms with E-state index < -0.39 is 0 Å². The monoisotopic (exact) mass is 559 g/mol. The van der Waals surface area contributed by atoms with Gasteiger partial charge in [-0.25, -0.2) is 4.79 Å². The molecule has 3 aromatic rings. The number of benzene rings is 2. The number of methoxy groups -OCH3 is 1. The predicted octanol–water partition coefficient (Wildman–Crippen LogP) is 4.72. The third kappa shape index (κ3) is 5.52. The molecule has 3 aliphatic rings. The highest BCUT2D eigenvalue weighted by Gasteiger charge is 2.34. The average Bonchev–Trinajstić information content (AvgIpc) is 3.74. The number of hydrogen-bond donors (Lipinski definition) is 2. The lowest BCUT2D eigenvalue weighted by atomic mass is 9.85. The highest BCUT2D eigenvalue weighted by atomic mass is 16.5. The summed E-state index contributed by atoms with van der Waals surface area (Å²) in [6.45, 7) is 5.91.